The van der Waals surface area contributed by atoms with Gasteiger partial charge in [-0.15, -0.1) is 9.59 Å². The van der Waals surface area contributed by atoms with Crippen LogP contribution in [0.1, 0.15) is 11.3 Å². The maximum atomic E-state index is 10.4. The Bertz CT molecular complexity index is 464. The molecule has 0 aromatic carbocycles. The molecule has 0 spiro atoms. The summed E-state index contributed by atoms with van der Waals surface area (Å²) in [6.45, 7) is 2.54. The molecular formula is C10H11N4O+. The lowest BCUT2D eigenvalue weighted by molar-refractivity contribution is -0.747. The van der Waals surface area contributed by atoms with Gasteiger partial charge in [-0.1, -0.05) is 0 Å². The molecular weight excluding hydrogens is 192 g/mol. The molecule has 0 radical (unpaired) electrons. The molecule has 0 aliphatic carbocycles. The van der Waals surface area contributed by atoms with Gasteiger partial charge in [0, 0.05) is 24.9 Å². The average Bonchev–Trinajstić information content (AvgIpc) is 2.62. The smallest absolute Gasteiger partial charge is 0.234 e. The number of rotatable bonds is 3. The Balaban J connectivity index is 2.25. The van der Waals surface area contributed by atoms with E-state index in [9.17, 15) is 4.91 Å². The lowest BCUT2D eigenvalue weighted by Crippen LogP contribution is -2.38. The molecule has 0 aliphatic rings. The lowest BCUT2D eigenvalue weighted by Gasteiger charge is -1.94. The van der Waals surface area contributed by atoms with Gasteiger partial charge in [-0.3, -0.25) is 4.98 Å². The Morgan fingerprint density at radius 3 is 2.80 bits per heavy atom. The van der Waals surface area contributed by atoms with Crippen molar-refractivity contribution in [2.75, 3.05) is 0 Å². The standard InChI is InChI=1S/C10H10N4O/c1-8-10(13-15)6-12-14(8)7-9-2-4-11-5-3-9/h2-6H,7H2,1H3/p+1. The van der Waals surface area contributed by atoms with Crippen LogP contribution in [0.25, 0.3) is 0 Å². The van der Waals surface area contributed by atoms with Crippen LogP contribution in [-0.2, 0) is 6.54 Å². The molecule has 0 bridgehead atoms. The number of aromatic amines is 1. The van der Waals surface area contributed by atoms with Gasteiger partial charge in [-0.05, 0) is 17.3 Å². The van der Waals surface area contributed by atoms with Crippen molar-refractivity contribution in [2.24, 2.45) is 5.18 Å². The number of hydrogen-bond donors (Lipinski definition) is 1. The van der Waals surface area contributed by atoms with E-state index in [4.69, 9.17) is 0 Å². The summed E-state index contributed by atoms with van der Waals surface area (Å²) < 4.78 is 1.87. The van der Waals surface area contributed by atoms with E-state index in [2.05, 4.69) is 15.3 Å². The molecule has 0 saturated carbocycles. The highest BCUT2D eigenvalue weighted by molar-refractivity contribution is 5.34. The molecule has 0 atom stereocenters. The Morgan fingerprint density at radius 1 is 1.47 bits per heavy atom. The Labute approximate surface area is 86.7 Å². The van der Waals surface area contributed by atoms with Crippen LogP contribution < -0.4 is 4.68 Å². The Morgan fingerprint density at radius 2 is 2.20 bits per heavy atom. The average molecular weight is 203 g/mol. The van der Waals surface area contributed by atoms with Crippen LogP contribution in [-0.4, -0.2) is 10.1 Å². The van der Waals surface area contributed by atoms with Gasteiger partial charge in [0.15, 0.2) is 12.2 Å². The van der Waals surface area contributed by atoms with Gasteiger partial charge in [-0.25, -0.2) is 0 Å². The van der Waals surface area contributed by atoms with Crippen LogP contribution in [0.5, 0.6) is 0 Å². The van der Waals surface area contributed by atoms with Crippen molar-refractivity contribution < 1.29 is 4.68 Å². The van der Waals surface area contributed by atoms with Crippen LogP contribution in [0.2, 0.25) is 0 Å². The third-order valence-electron chi connectivity index (χ3n) is 2.32. The normalized spacial score (nSPS) is 10.2. The molecule has 1 N–H and O–H groups in total. The summed E-state index contributed by atoms with van der Waals surface area (Å²) in [4.78, 5) is 14.3. The molecule has 0 aliphatic heterocycles. The molecule has 2 heterocycles. The van der Waals surface area contributed by atoms with Gasteiger partial charge in [0.2, 0.25) is 5.69 Å². The molecule has 5 heteroatoms. The predicted molar refractivity (Wildman–Crippen MR) is 54.5 cm³/mol. The highest BCUT2D eigenvalue weighted by Gasteiger charge is 2.15. The topological polar surface area (TPSA) is 62.0 Å². The van der Waals surface area contributed by atoms with Crippen molar-refractivity contribution in [2.45, 2.75) is 13.5 Å². The fourth-order valence-electron chi connectivity index (χ4n) is 1.41. The van der Waals surface area contributed by atoms with E-state index in [-0.39, 0.29) is 0 Å². The summed E-state index contributed by atoms with van der Waals surface area (Å²) in [5, 5.41) is 5.89. The first kappa shape index (κ1) is 9.51. The second kappa shape index (κ2) is 4.00. The van der Waals surface area contributed by atoms with E-state index in [1.165, 1.54) is 0 Å². The number of H-pyrrole nitrogens is 1. The molecule has 0 saturated heterocycles. The summed E-state index contributed by atoms with van der Waals surface area (Å²) in [6.07, 6.45) is 5.09. The Kier molecular flexibility index (Phi) is 2.53. The molecule has 2 aromatic heterocycles. The summed E-state index contributed by atoms with van der Waals surface area (Å²) in [5.41, 5.74) is 2.41. The first-order valence-electron chi connectivity index (χ1n) is 4.61. The van der Waals surface area contributed by atoms with Crippen molar-refractivity contribution in [1.82, 2.24) is 10.1 Å². The van der Waals surface area contributed by atoms with E-state index in [1.54, 1.807) is 18.6 Å². The molecule has 0 amide bonds. The zero-order valence-electron chi connectivity index (χ0n) is 8.34. The highest BCUT2D eigenvalue weighted by atomic mass is 16.3. The van der Waals surface area contributed by atoms with Gasteiger partial charge >= 0.3 is 0 Å². The van der Waals surface area contributed by atoms with E-state index in [1.807, 2.05) is 23.7 Å². The minimum Gasteiger partial charge on any atom is -0.265 e. The van der Waals surface area contributed by atoms with Crippen LogP contribution in [0.15, 0.2) is 35.9 Å². The van der Waals surface area contributed by atoms with E-state index < -0.39 is 0 Å². The molecule has 76 valence electrons. The SMILES string of the molecule is Cc1c(N=O)c[nH][n+]1Cc1ccncc1. The number of hydrogen-bond acceptors (Lipinski definition) is 3. The molecule has 5 nitrogen and oxygen atoms in total. The zero-order valence-corrected chi connectivity index (χ0v) is 8.34. The molecule has 2 rings (SSSR count). The van der Waals surface area contributed by atoms with Gasteiger partial charge in [0.25, 0.3) is 0 Å². The second-order valence-electron chi connectivity index (χ2n) is 3.28. The van der Waals surface area contributed by atoms with Gasteiger partial charge in [0.05, 0.1) is 6.20 Å². The summed E-state index contributed by atoms with van der Waals surface area (Å²) in [7, 11) is 0. The van der Waals surface area contributed by atoms with Crippen molar-refractivity contribution >= 4 is 5.69 Å². The van der Waals surface area contributed by atoms with Crippen LogP contribution in [0.4, 0.5) is 5.69 Å². The molecule has 15 heavy (non-hydrogen) atoms. The van der Waals surface area contributed by atoms with Crippen molar-refractivity contribution in [3.05, 3.63) is 46.9 Å². The summed E-state index contributed by atoms with van der Waals surface area (Å²) in [6, 6.07) is 3.86. The fourth-order valence-corrected chi connectivity index (χ4v) is 1.41. The lowest BCUT2D eigenvalue weighted by atomic mass is 10.2. The zero-order chi connectivity index (χ0) is 10.7. The van der Waals surface area contributed by atoms with Crippen LogP contribution in [0.3, 0.4) is 0 Å². The third-order valence-corrected chi connectivity index (χ3v) is 2.32. The largest absolute Gasteiger partial charge is 0.265 e. The molecule has 2 aromatic rings. The van der Waals surface area contributed by atoms with Crippen molar-refractivity contribution in [3.63, 3.8) is 0 Å². The number of nitrogens with zero attached hydrogens (tertiary/aromatic N) is 3. The minimum atomic E-state index is 0.448. The maximum Gasteiger partial charge on any atom is 0.234 e. The number of nitroso groups, excluding NO2 is 1. The van der Waals surface area contributed by atoms with Gasteiger partial charge in [0.1, 0.15) is 0 Å². The number of aromatic nitrogens is 3. The quantitative estimate of drug-likeness (QED) is 0.606. The fraction of sp³-hybridized carbons (Fsp3) is 0.200. The monoisotopic (exact) mass is 203 g/mol. The van der Waals surface area contributed by atoms with Crippen molar-refractivity contribution in [1.29, 1.82) is 0 Å². The number of nitrogens with one attached hydrogen (secondary N) is 1. The molecule has 0 fully saturated rings. The summed E-state index contributed by atoms with van der Waals surface area (Å²) in [5.74, 6) is 0. The first-order chi connectivity index (χ1) is 7.31. The number of pyridine rings is 1. The van der Waals surface area contributed by atoms with E-state index in [0.29, 0.717) is 12.2 Å². The van der Waals surface area contributed by atoms with Crippen LogP contribution in [0, 0.1) is 11.8 Å². The van der Waals surface area contributed by atoms with Crippen molar-refractivity contribution in [3.8, 4) is 0 Å². The van der Waals surface area contributed by atoms with E-state index >= 15 is 0 Å². The summed E-state index contributed by atoms with van der Waals surface area (Å²) >= 11 is 0. The van der Waals surface area contributed by atoms with Gasteiger partial charge < -0.3 is 0 Å². The van der Waals surface area contributed by atoms with Gasteiger partial charge in [-0.2, -0.15) is 5.10 Å². The second-order valence-corrected chi connectivity index (χ2v) is 3.28. The highest BCUT2D eigenvalue weighted by Crippen LogP contribution is 2.12. The third kappa shape index (κ3) is 1.90. The Hall–Kier alpha value is -2.04. The molecule has 0 unspecified atom stereocenters. The predicted octanol–water partition coefficient (Wildman–Crippen LogP) is 1.45. The first-order valence-corrected chi connectivity index (χ1v) is 4.61. The van der Waals surface area contributed by atoms with Crippen LogP contribution >= 0.6 is 0 Å². The minimum absolute atomic E-state index is 0.448. The maximum absolute atomic E-state index is 10.4. The van der Waals surface area contributed by atoms with E-state index in [0.717, 1.165) is 11.3 Å².